The molecular weight excluding hydrogens is 673 g/mol. The van der Waals surface area contributed by atoms with Crippen LogP contribution in [-0.2, 0) is 0 Å². The summed E-state index contributed by atoms with van der Waals surface area (Å²) in [5, 5.41) is 0. The minimum Gasteiger partial charge on any atom is -0.0622 e. The van der Waals surface area contributed by atoms with Gasteiger partial charge in [0, 0.05) is 11.8 Å². The summed E-state index contributed by atoms with van der Waals surface area (Å²) in [6.07, 6.45) is 0. The molecule has 0 radical (unpaired) electrons. The van der Waals surface area contributed by atoms with Crippen molar-refractivity contribution in [3.63, 3.8) is 0 Å². The molecular formula is C56H38. The normalized spacial score (nSPS) is 14.8. The molecule has 0 heterocycles. The Morgan fingerprint density at radius 1 is 0.214 bits per heavy atom. The van der Waals surface area contributed by atoms with E-state index in [4.69, 9.17) is 0 Å². The fraction of sp³-hybridized carbons (Fsp3) is 0.0357. The quantitative estimate of drug-likeness (QED) is 0.161. The van der Waals surface area contributed by atoms with Crippen LogP contribution >= 0.6 is 0 Å². The van der Waals surface area contributed by atoms with Crippen molar-refractivity contribution in [3.05, 3.63) is 252 Å². The fourth-order valence-electron chi connectivity index (χ4n) is 9.46. The summed E-state index contributed by atoms with van der Waals surface area (Å²) in [6, 6.07) is 80.7. The zero-order valence-electron chi connectivity index (χ0n) is 30.9. The monoisotopic (exact) mass is 710 g/mol. The molecule has 2 unspecified atom stereocenters. The van der Waals surface area contributed by atoms with E-state index in [2.05, 4.69) is 218 Å². The largest absolute Gasteiger partial charge is 0.0622 e. The Kier molecular flexibility index (Phi) is 7.74. The van der Waals surface area contributed by atoms with E-state index in [0.717, 1.165) is 0 Å². The molecule has 2 atom stereocenters. The molecule has 0 heteroatoms. The molecule has 262 valence electrons. The molecule has 0 aromatic heterocycles. The maximum absolute atomic E-state index is 2.43. The van der Waals surface area contributed by atoms with Crippen molar-refractivity contribution in [2.75, 3.05) is 0 Å². The third-order valence-corrected chi connectivity index (χ3v) is 12.1. The van der Waals surface area contributed by atoms with Crippen LogP contribution in [0.1, 0.15) is 45.2 Å². The van der Waals surface area contributed by atoms with Crippen LogP contribution < -0.4 is 0 Å². The van der Waals surface area contributed by atoms with Crippen LogP contribution in [0, 0.1) is 0 Å². The molecule has 0 saturated heterocycles. The van der Waals surface area contributed by atoms with E-state index in [0.29, 0.717) is 0 Å². The van der Waals surface area contributed by atoms with Crippen molar-refractivity contribution in [2.45, 2.75) is 11.8 Å². The topological polar surface area (TPSA) is 0 Å². The first-order valence-corrected chi connectivity index (χ1v) is 19.7. The van der Waals surface area contributed by atoms with Crippen molar-refractivity contribution in [2.24, 2.45) is 0 Å². The van der Waals surface area contributed by atoms with Crippen molar-refractivity contribution in [1.82, 2.24) is 0 Å². The molecule has 9 aromatic carbocycles. The lowest BCUT2D eigenvalue weighted by Gasteiger charge is -2.18. The summed E-state index contributed by atoms with van der Waals surface area (Å²) in [5.74, 6) is 0.349. The summed E-state index contributed by atoms with van der Waals surface area (Å²) in [6.45, 7) is 0. The van der Waals surface area contributed by atoms with E-state index >= 15 is 0 Å². The number of hydrogen-bond donors (Lipinski definition) is 0. The van der Waals surface area contributed by atoms with Crippen molar-refractivity contribution < 1.29 is 0 Å². The average Bonchev–Trinajstić information content (AvgIpc) is 3.80. The van der Waals surface area contributed by atoms with E-state index in [1.165, 1.54) is 100 Å². The Hall–Kier alpha value is -7.02. The van der Waals surface area contributed by atoms with Gasteiger partial charge in [-0.15, -0.1) is 0 Å². The van der Waals surface area contributed by atoms with Gasteiger partial charge in [0.25, 0.3) is 0 Å². The van der Waals surface area contributed by atoms with Gasteiger partial charge in [-0.2, -0.15) is 0 Å². The minimum atomic E-state index is 0.174. The molecule has 56 heavy (non-hydrogen) atoms. The van der Waals surface area contributed by atoms with Crippen LogP contribution in [0.25, 0.3) is 66.8 Å². The number of rotatable bonds is 6. The maximum atomic E-state index is 2.43. The van der Waals surface area contributed by atoms with Crippen molar-refractivity contribution >= 4 is 0 Å². The van der Waals surface area contributed by atoms with Gasteiger partial charge in [-0.25, -0.2) is 0 Å². The Morgan fingerprint density at radius 3 is 0.929 bits per heavy atom. The summed E-state index contributed by atoms with van der Waals surface area (Å²) < 4.78 is 0. The highest BCUT2D eigenvalue weighted by Gasteiger charge is 2.38. The van der Waals surface area contributed by atoms with E-state index in [1.54, 1.807) is 0 Å². The van der Waals surface area contributed by atoms with Crippen LogP contribution in [0.4, 0.5) is 0 Å². The van der Waals surface area contributed by atoms with Crippen LogP contribution in [0.5, 0.6) is 0 Å². The molecule has 0 fully saturated rings. The van der Waals surface area contributed by atoms with E-state index in [1.807, 2.05) is 0 Å². The lowest BCUT2D eigenvalue weighted by atomic mass is 9.85. The zero-order chi connectivity index (χ0) is 37.0. The van der Waals surface area contributed by atoms with E-state index in [-0.39, 0.29) is 11.8 Å². The third kappa shape index (κ3) is 5.37. The highest BCUT2D eigenvalue weighted by molar-refractivity contribution is 5.98. The molecule has 0 bridgehead atoms. The number of benzene rings is 9. The lowest BCUT2D eigenvalue weighted by molar-refractivity contribution is 0.998. The molecule has 11 rings (SSSR count). The Morgan fingerprint density at radius 2 is 0.536 bits per heavy atom. The molecule has 0 saturated carbocycles. The second kappa shape index (κ2) is 13.4. The predicted octanol–water partition coefficient (Wildman–Crippen LogP) is 14.7. The van der Waals surface area contributed by atoms with Crippen molar-refractivity contribution in [3.8, 4) is 66.8 Å². The van der Waals surface area contributed by atoms with Gasteiger partial charge in [-0.05, 0) is 112 Å². The van der Waals surface area contributed by atoms with Gasteiger partial charge in [0.1, 0.15) is 0 Å². The standard InChI is InChI=1S/C56H38/c1-3-13-37(14-4-1)43-17-11-19-45(35-43)39-25-29-41(30-26-39)53-47-21-7-9-23-49(47)55-51(53)33-34-52-54(48-22-8-10-24-50(48)56(52)55)42-31-27-40(28-32-42)46-20-12-18-44(36-46)38-15-5-2-6-16-38/h1-36,53-54H. The Bertz CT molecular complexity index is 2680. The molecule has 2 aliphatic carbocycles. The van der Waals surface area contributed by atoms with Gasteiger partial charge >= 0.3 is 0 Å². The summed E-state index contributed by atoms with van der Waals surface area (Å²) in [7, 11) is 0. The first-order valence-electron chi connectivity index (χ1n) is 19.7. The highest BCUT2D eigenvalue weighted by Crippen LogP contribution is 2.58. The number of fused-ring (bicyclic) bond motifs is 7. The zero-order valence-corrected chi connectivity index (χ0v) is 30.9. The smallest absolute Gasteiger partial charge is 0.0352 e. The molecule has 0 N–H and O–H groups in total. The molecule has 0 nitrogen and oxygen atoms in total. The van der Waals surface area contributed by atoms with Gasteiger partial charge in [0.15, 0.2) is 0 Å². The van der Waals surface area contributed by atoms with Crippen LogP contribution in [0.15, 0.2) is 218 Å². The second-order valence-electron chi connectivity index (χ2n) is 15.2. The highest BCUT2D eigenvalue weighted by atomic mass is 14.4. The molecule has 9 aromatic rings. The second-order valence-corrected chi connectivity index (χ2v) is 15.2. The van der Waals surface area contributed by atoms with Gasteiger partial charge in [-0.3, -0.25) is 0 Å². The van der Waals surface area contributed by atoms with Crippen LogP contribution in [-0.4, -0.2) is 0 Å². The van der Waals surface area contributed by atoms with Gasteiger partial charge in [0.05, 0.1) is 0 Å². The maximum Gasteiger partial charge on any atom is 0.0352 e. The molecule has 0 spiro atoms. The predicted molar refractivity (Wildman–Crippen MR) is 234 cm³/mol. The van der Waals surface area contributed by atoms with Gasteiger partial charge in [0.2, 0.25) is 0 Å². The van der Waals surface area contributed by atoms with Gasteiger partial charge in [-0.1, -0.05) is 206 Å². The summed E-state index contributed by atoms with van der Waals surface area (Å²) in [4.78, 5) is 0. The fourth-order valence-corrected chi connectivity index (χ4v) is 9.46. The SMILES string of the molecule is c1ccc(-c2cccc(-c3ccc(C4c5ccccc5-c5c4ccc4c5-c5ccccc5C4c4ccc(-c5cccc(-c6ccccc6)c5)cc4)cc3)c2)cc1. The van der Waals surface area contributed by atoms with Gasteiger partial charge < -0.3 is 0 Å². The molecule has 2 aliphatic rings. The summed E-state index contributed by atoms with van der Waals surface area (Å²) in [5.41, 5.74) is 23.6. The first-order chi connectivity index (χ1) is 27.8. The summed E-state index contributed by atoms with van der Waals surface area (Å²) >= 11 is 0. The minimum absolute atomic E-state index is 0.174. The van der Waals surface area contributed by atoms with Crippen LogP contribution in [0.3, 0.4) is 0 Å². The first kappa shape index (κ1) is 32.4. The molecule has 0 aliphatic heterocycles. The average molecular weight is 711 g/mol. The number of hydrogen-bond acceptors (Lipinski definition) is 0. The van der Waals surface area contributed by atoms with E-state index < -0.39 is 0 Å². The van der Waals surface area contributed by atoms with Crippen LogP contribution in [0.2, 0.25) is 0 Å². The third-order valence-electron chi connectivity index (χ3n) is 12.1. The van der Waals surface area contributed by atoms with E-state index in [9.17, 15) is 0 Å². The lowest BCUT2D eigenvalue weighted by Crippen LogP contribution is -2.01. The Labute approximate surface area is 329 Å². The Balaban J connectivity index is 0.968. The molecule has 0 amide bonds. The van der Waals surface area contributed by atoms with Crippen molar-refractivity contribution in [1.29, 1.82) is 0 Å².